The lowest BCUT2D eigenvalue weighted by atomic mass is 9.73. The number of fused-ring (bicyclic) bond motifs is 1. The van der Waals surface area contributed by atoms with E-state index in [1.165, 1.54) is 19.3 Å². The highest BCUT2D eigenvalue weighted by Gasteiger charge is 2.37. The van der Waals surface area contributed by atoms with Crippen LogP contribution in [0, 0.1) is 5.41 Å². The Kier molecular flexibility index (Phi) is 3.85. The topological polar surface area (TPSA) is 45.5 Å². The van der Waals surface area contributed by atoms with Crippen molar-refractivity contribution in [1.82, 2.24) is 10.2 Å². The van der Waals surface area contributed by atoms with Gasteiger partial charge in [0.05, 0.1) is 12.7 Å². The summed E-state index contributed by atoms with van der Waals surface area (Å²) in [4.78, 5) is 14.9. The van der Waals surface area contributed by atoms with Gasteiger partial charge in [-0.05, 0) is 50.3 Å². The van der Waals surface area contributed by atoms with Crippen LogP contribution in [0.1, 0.15) is 31.2 Å². The van der Waals surface area contributed by atoms with Crippen LogP contribution in [0.2, 0.25) is 0 Å². The van der Waals surface area contributed by atoms with Crippen molar-refractivity contribution < 1.29 is 9.21 Å². The van der Waals surface area contributed by atoms with Gasteiger partial charge in [-0.25, -0.2) is 0 Å². The van der Waals surface area contributed by atoms with Crippen molar-refractivity contribution in [2.45, 2.75) is 32.1 Å². The van der Waals surface area contributed by atoms with E-state index in [9.17, 15) is 4.79 Å². The Balaban J connectivity index is 1.48. The average molecular weight is 312 g/mol. The van der Waals surface area contributed by atoms with Gasteiger partial charge in [0.15, 0.2) is 0 Å². The van der Waals surface area contributed by atoms with Crippen LogP contribution in [0.5, 0.6) is 0 Å². The molecule has 1 N–H and O–H groups in total. The molecule has 1 aromatic carbocycles. The minimum absolute atomic E-state index is 0.245. The highest BCUT2D eigenvalue weighted by molar-refractivity contribution is 5.87. The molecule has 0 unspecified atom stereocenters. The minimum Gasteiger partial charge on any atom is -0.464 e. The van der Waals surface area contributed by atoms with Gasteiger partial charge in [0.2, 0.25) is 5.91 Å². The molecule has 0 bridgehead atoms. The van der Waals surface area contributed by atoms with E-state index in [0.717, 1.165) is 49.1 Å². The molecular formula is C19H24N2O2. The molecule has 2 fully saturated rings. The van der Waals surface area contributed by atoms with E-state index in [-0.39, 0.29) is 5.91 Å². The number of furan rings is 1. The zero-order valence-corrected chi connectivity index (χ0v) is 13.5. The molecule has 0 atom stereocenters. The number of piperidine rings is 2. The van der Waals surface area contributed by atoms with Gasteiger partial charge in [0.1, 0.15) is 5.58 Å². The Morgan fingerprint density at radius 2 is 2.04 bits per heavy atom. The number of nitrogens with one attached hydrogen (secondary N) is 1. The summed E-state index contributed by atoms with van der Waals surface area (Å²) >= 11 is 0. The molecule has 1 aromatic heterocycles. The van der Waals surface area contributed by atoms with Crippen LogP contribution >= 0.6 is 0 Å². The second-order valence-electron chi connectivity index (χ2n) is 7.10. The fourth-order valence-corrected chi connectivity index (χ4v) is 4.23. The van der Waals surface area contributed by atoms with Gasteiger partial charge in [-0.2, -0.15) is 0 Å². The molecule has 3 heterocycles. The monoisotopic (exact) mass is 312 g/mol. The third-order valence-electron chi connectivity index (χ3n) is 5.58. The second kappa shape index (κ2) is 6.00. The molecule has 1 spiro atoms. The quantitative estimate of drug-likeness (QED) is 0.927. The molecule has 23 heavy (non-hydrogen) atoms. The molecule has 4 rings (SSSR count). The Hall–Kier alpha value is -1.81. The minimum atomic E-state index is 0.245. The van der Waals surface area contributed by atoms with Gasteiger partial charge in [-0.3, -0.25) is 4.79 Å². The largest absolute Gasteiger partial charge is 0.464 e. The molecule has 1 amide bonds. The van der Waals surface area contributed by atoms with Crippen LogP contribution in [-0.2, 0) is 11.2 Å². The van der Waals surface area contributed by atoms with E-state index in [0.29, 0.717) is 11.8 Å². The van der Waals surface area contributed by atoms with E-state index >= 15 is 0 Å². The maximum absolute atomic E-state index is 12.8. The zero-order valence-electron chi connectivity index (χ0n) is 13.5. The number of carbonyl (C=O) groups excluding carboxylic acids is 1. The highest BCUT2D eigenvalue weighted by atomic mass is 16.3. The summed E-state index contributed by atoms with van der Waals surface area (Å²) in [6.45, 7) is 4.02. The molecule has 122 valence electrons. The molecule has 0 radical (unpaired) electrons. The lowest BCUT2D eigenvalue weighted by Crippen LogP contribution is -2.50. The van der Waals surface area contributed by atoms with Crippen LogP contribution in [-0.4, -0.2) is 37.0 Å². The van der Waals surface area contributed by atoms with Gasteiger partial charge < -0.3 is 14.6 Å². The van der Waals surface area contributed by atoms with Crippen molar-refractivity contribution in [2.24, 2.45) is 5.41 Å². The number of carbonyl (C=O) groups is 1. The Bertz CT molecular complexity index is 695. The molecule has 2 aliphatic rings. The van der Waals surface area contributed by atoms with Gasteiger partial charge in [0.25, 0.3) is 0 Å². The Morgan fingerprint density at radius 3 is 2.91 bits per heavy atom. The molecule has 2 aromatic rings. The van der Waals surface area contributed by atoms with Crippen molar-refractivity contribution in [3.05, 3.63) is 36.1 Å². The second-order valence-corrected chi connectivity index (χ2v) is 7.10. The summed E-state index contributed by atoms with van der Waals surface area (Å²) < 4.78 is 5.57. The van der Waals surface area contributed by atoms with Crippen molar-refractivity contribution in [2.75, 3.05) is 26.2 Å². The van der Waals surface area contributed by atoms with Crippen LogP contribution in [0.4, 0.5) is 0 Å². The van der Waals surface area contributed by atoms with Crippen molar-refractivity contribution in [1.29, 1.82) is 0 Å². The number of hydrogen-bond acceptors (Lipinski definition) is 3. The number of rotatable bonds is 2. The highest BCUT2D eigenvalue weighted by Crippen LogP contribution is 2.38. The average Bonchev–Trinajstić information content (AvgIpc) is 2.99. The van der Waals surface area contributed by atoms with Gasteiger partial charge in [-0.15, -0.1) is 0 Å². The summed E-state index contributed by atoms with van der Waals surface area (Å²) in [7, 11) is 0. The Morgan fingerprint density at radius 1 is 1.22 bits per heavy atom. The fourth-order valence-electron chi connectivity index (χ4n) is 4.23. The molecule has 2 saturated heterocycles. The maximum Gasteiger partial charge on any atom is 0.227 e. The summed E-state index contributed by atoms with van der Waals surface area (Å²) in [6.07, 6.45) is 7.00. The lowest BCUT2D eigenvalue weighted by Gasteiger charge is -2.45. The SMILES string of the molecule is O=C(Cc1coc2ccccc12)N1CCCC2(CCNCC2)C1. The normalized spacial score (nSPS) is 21.0. The van der Waals surface area contributed by atoms with Crippen molar-refractivity contribution in [3.63, 3.8) is 0 Å². The zero-order chi connectivity index (χ0) is 15.7. The van der Waals surface area contributed by atoms with Crippen molar-refractivity contribution in [3.8, 4) is 0 Å². The van der Waals surface area contributed by atoms with Crippen LogP contribution < -0.4 is 5.32 Å². The Labute approximate surface area is 136 Å². The van der Waals surface area contributed by atoms with Gasteiger partial charge in [0, 0.05) is 24.0 Å². The third kappa shape index (κ3) is 2.88. The number of hydrogen-bond donors (Lipinski definition) is 1. The predicted molar refractivity (Wildman–Crippen MR) is 90.3 cm³/mol. The first-order chi connectivity index (χ1) is 11.3. The number of amides is 1. The van der Waals surface area contributed by atoms with E-state index in [4.69, 9.17) is 4.42 Å². The summed E-state index contributed by atoms with van der Waals surface area (Å²) in [5, 5.41) is 4.51. The standard InChI is InChI=1S/C19H24N2O2/c22-18(12-15-13-23-17-5-2-1-4-16(15)17)21-11-3-6-19(14-21)7-9-20-10-8-19/h1-2,4-5,13,20H,3,6-12,14H2. The van der Waals surface area contributed by atoms with E-state index < -0.39 is 0 Å². The summed E-state index contributed by atoms with van der Waals surface area (Å²) in [5.41, 5.74) is 2.23. The third-order valence-corrected chi connectivity index (χ3v) is 5.58. The lowest BCUT2D eigenvalue weighted by molar-refractivity contribution is -0.134. The molecule has 0 saturated carbocycles. The number of nitrogens with zero attached hydrogens (tertiary/aromatic N) is 1. The number of likely N-dealkylation sites (tertiary alicyclic amines) is 1. The van der Waals surface area contributed by atoms with Gasteiger partial charge >= 0.3 is 0 Å². The molecule has 4 nitrogen and oxygen atoms in total. The first-order valence-corrected chi connectivity index (χ1v) is 8.69. The van der Waals surface area contributed by atoms with Crippen LogP contribution in [0.25, 0.3) is 11.0 Å². The predicted octanol–water partition coefficient (Wildman–Crippen LogP) is 2.97. The smallest absolute Gasteiger partial charge is 0.227 e. The molecule has 2 aliphatic heterocycles. The maximum atomic E-state index is 12.8. The van der Waals surface area contributed by atoms with E-state index in [1.807, 2.05) is 24.3 Å². The molecule has 0 aliphatic carbocycles. The van der Waals surface area contributed by atoms with Crippen LogP contribution in [0.15, 0.2) is 34.9 Å². The van der Waals surface area contributed by atoms with Crippen molar-refractivity contribution >= 4 is 16.9 Å². The summed E-state index contributed by atoms with van der Waals surface area (Å²) in [5.74, 6) is 0.245. The first-order valence-electron chi connectivity index (χ1n) is 8.69. The summed E-state index contributed by atoms with van der Waals surface area (Å²) in [6, 6.07) is 7.94. The van der Waals surface area contributed by atoms with Crippen LogP contribution in [0.3, 0.4) is 0 Å². The number of para-hydroxylation sites is 1. The first kappa shape index (κ1) is 14.8. The molecular weight excluding hydrogens is 288 g/mol. The van der Waals surface area contributed by atoms with Gasteiger partial charge in [-0.1, -0.05) is 18.2 Å². The molecule has 4 heteroatoms. The van der Waals surface area contributed by atoms with E-state index in [2.05, 4.69) is 10.2 Å². The fraction of sp³-hybridized carbons (Fsp3) is 0.526. The van der Waals surface area contributed by atoms with E-state index in [1.54, 1.807) is 6.26 Å². The number of benzene rings is 1.